The van der Waals surface area contributed by atoms with E-state index >= 15 is 0 Å². The largest absolute Gasteiger partial charge is 0.286 e. The molecule has 1 N–H and O–H groups in total. The van der Waals surface area contributed by atoms with Crippen molar-refractivity contribution in [1.29, 1.82) is 0 Å². The van der Waals surface area contributed by atoms with Gasteiger partial charge in [0.2, 0.25) is 0 Å². The van der Waals surface area contributed by atoms with Gasteiger partial charge in [0.15, 0.2) is 11.9 Å². The topological polar surface area (TPSA) is 58.2 Å². The van der Waals surface area contributed by atoms with Gasteiger partial charge in [-0.05, 0) is 6.42 Å². The Kier molecular flexibility index (Phi) is 5.08. The fraction of sp³-hybridized carbons (Fsp3) is 0.583. The van der Waals surface area contributed by atoms with Crippen molar-refractivity contribution >= 4 is 10.1 Å². The van der Waals surface area contributed by atoms with Gasteiger partial charge in [0.25, 0.3) is 10.1 Å². The van der Waals surface area contributed by atoms with Crippen molar-refractivity contribution in [3.63, 3.8) is 0 Å². The molecular formula is C12H20NO3S+. The Morgan fingerprint density at radius 1 is 1.41 bits per heavy atom. The average Bonchev–Trinajstić information content (AvgIpc) is 2.27. The number of aryl methyl sites for hydroxylation is 1. The second-order valence-electron chi connectivity index (χ2n) is 4.27. The SMILES string of the molecule is CCC(C)c1cccc[n+]1CCCS(=O)(=O)O. The molecule has 0 radical (unpaired) electrons. The molecule has 0 fully saturated rings. The number of hydrogen-bond acceptors (Lipinski definition) is 2. The molecule has 1 atom stereocenters. The molecule has 0 bridgehead atoms. The summed E-state index contributed by atoms with van der Waals surface area (Å²) in [5, 5.41) is 0. The molecule has 1 rings (SSSR count). The van der Waals surface area contributed by atoms with Crippen molar-refractivity contribution in [2.75, 3.05) is 5.75 Å². The summed E-state index contributed by atoms with van der Waals surface area (Å²) in [6.07, 6.45) is 3.42. The second kappa shape index (κ2) is 6.12. The Morgan fingerprint density at radius 2 is 2.12 bits per heavy atom. The lowest BCUT2D eigenvalue weighted by molar-refractivity contribution is -0.705. The predicted molar refractivity (Wildman–Crippen MR) is 66.4 cm³/mol. The van der Waals surface area contributed by atoms with Crippen LogP contribution in [-0.4, -0.2) is 18.7 Å². The Labute approximate surface area is 103 Å². The van der Waals surface area contributed by atoms with E-state index in [1.165, 1.54) is 5.69 Å². The monoisotopic (exact) mass is 258 g/mol. The Bertz CT molecular complexity index is 457. The standard InChI is InChI=1S/C12H19NO3S/c1-3-11(2)12-7-4-5-8-13(12)9-6-10-17(14,15)16/h4-5,7-8,11H,3,6,9-10H2,1-2H3/p+1. The van der Waals surface area contributed by atoms with Crippen LogP contribution in [0.1, 0.15) is 38.3 Å². The first-order chi connectivity index (χ1) is 7.94. The minimum absolute atomic E-state index is 0.186. The van der Waals surface area contributed by atoms with Gasteiger partial charge in [-0.25, -0.2) is 4.57 Å². The van der Waals surface area contributed by atoms with Gasteiger partial charge in [0.05, 0.1) is 5.75 Å². The molecule has 0 saturated carbocycles. The van der Waals surface area contributed by atoms with E-state index in [0.717, 1.165) is 6.42 Å². The van der Waals surface area contributed by atoms with Gasteiger partial charge in [-0.15, -0.1) is 0 Å². The van der Waals surface area contributed by atoms with Crippen LogP contribution in [0.5, 0.6) is 0 Å². The summed E-state index contributed by atoms with van der Waals surface area (Å²) in [6.45, 7) is 4.88. The summed E-state index contributed by atoms with van der Waals surface area (Å²) in [5.74, 6) is 0.261. The van der Waals surface area contributed by atoms with Gasteiger partial charge in [-0.1, -0.05) is 19.9 Å². The highest BCUT2D eigenvalue weighted by Gasteiger charge is 2.16. The third-order valence-corrected chi connectivity index (χ3v) is 3.70. The van der Waals surface area contributed by atoms with Crippen LogP contribution in [0.3, 0.4) is 0 Å². The average molecular weight is 258 g/mol. The summed E-state index contributed by atoms with van der Waals surface area (Å²) in [6, 6.07) is 5.97. The van der Waals surface area contributed by atoms with Gasteiger partial charge in [-0.3, -0.25) is 4.55 Å². The smallest absolute Gasteiger partial charge is 0.265 e. The van der Waals surface area contributed by atoms with E-state index in [-0.39, 0.29) is 5.75 Å². The van der Waals surface area contributed by atoms with Crippen molar-refractivity contribution in [3.8, 4) is 0 Å². The molecule has 96 valence electrons. The molecule has 1 heterocycles. The van der Waals surface area contributed by atoms with E-state index in [0.29, 0.717) is 18.9 Å². The van der Waals surface area contributed by atoms with Crippen LogP contribution < -0.4 is 4.57 Å². The Balaban J connectivity index is 2.70. The molecule has 1 aromatic heterocycles. The highest BCUT2D eigenvalue weighted by molar-refractivity contribution is 7.85. The summed E-state index contributed by atoms with van der Waals surface area (Å²) in [5.41, 5.74) is 1.20. The summed E-state index contributed by atoms with van der Waals surface area (Å²) < 4.78 is 32.0. The van der Waals surface area contributed by atoms with Crippen LogP contribution in [0.25, 0.3) is 0 Å². The lowest BCUT2D eigenvalue weighted by Crippen LogP contribution is -2.39. The molecule has 0 aliphatic carbocycles. The predicted octanol–water partition coefficient (Wildman–Crippen LogP) is 1.77. The summed E-state index contributed by atoms with van der Waals surface area (Å²) in [7, 11) is -3.85. The van der Waals surface area contributed by atoms with E-state index in [2.05, 4.69) is 24.5 Å². The zero-order valence-corrected chi connectivity index (χ0v) is 11.2. The zero-order chi connectivity index (χ0) is 12.9. The zero-order valence-electron chi connectivity index (χ0n) is 10.3. The molecule has 0 aliphatic rings. The first kappa shape index (κ1) is 14.1. The number of aromatic nitrogens is 1. The fourth-order valence-electron chi connectivity index (χ4n) is 1.77. The van der Waals surface area contributed by atoms with Crippen molar-refractivity contribution in [2.24, 2.45) is 0 Å². The number of pyridine rings is 1. The van der Waals surface area contributed by atoms with Crippen LogP contribution >= 0.6 is 0 Å². The molecule has 1 unspecified atom stereocenters. The highest BCUT2D eigenvalue weighted by atomic mass is 32.2. The summed E-state index contributed by atoms with van der Waals surface area (Å²) >= 11 is 0. The number of rotatable bonds is 6. The maximum atomic E-state index is 10.6. The molecule has 0 spiro atoms. The molecule has 5 heteroatoms. The van der Waals surface area contributed by atoms with Gasteiger partial charge in [-0.2, -0.15) is 8.42 Å². The van der Waals surface area contributed by atoms with Crippen LogP contribution in [-0.2, 0) is 16.7 Å². The normalized spacial score (nSPS) is 13.6. The van der Waals surface area contributed by atoms with E-state index in [1.54, 1.807) is 0 Å². The van der Waals surface area contributed by atoms with E-state index in [1.807, 2.05) is 18.3 Å². The quantitative estimate of drug-likeness (QED) is 0.625. The van der Waals surface area contributed by atoms with Crippen LogP contribution in [0.2, 0.25) is 0 Å². The fourth-order valence-corrected chi connectivity index (χ4v) is 2.26. The van der Waals surface area contributed by atoms with Gasteiger partial charge >= 0.3 is 0 Å². The molecule has 4 nitrogen and oxygen atoms in total. The third kappa shape index (κ3) is 4.83. The first-order valence-electron chi connectivity index (χ1n) is 5.87. The first-order valence-corrected chi connectivity index (χ1v) is 7.48. The minimum Gasteiger partial charge on any atom is -0.286 e. The molecule has 0 aromatic carbocycles. The van der Waals surface area contributed by atoms with Crippen LogP contribution in [0.4, 0.5) is 0 Å². The van der Waals surface area contributed by atoms with Gasteiger partial charge in [0, 0.05) is 24.5 Å². The third-order valence-electron chi connectivity index (χ3n) is 2.89. The Hall–Kier alpha value is -0.940. The van der Waals surface area contributed by atoms with E-state index in [9.17, 15) is 8.42 Å². The molecule has 17 heavy (non-hydrogen) atoms. The van der Waals surface area contributed by atoms with Crippen molar-refractivity contribution in [3.05, 3.63) is 30.1 Å². The van der Waals surface area contributed by atoms with Gasteiger partial charge < -0.3 is 0 Å². The second-order valence-corrected chi connectivity index (χ2v) is 5.84. The lowest BCUT2D eigenvalue weighted by Gasteiger charge is -2.08. The minimum atomic E-state index is -3.85. The molecule has 0 amide bonds. The maximum absolute atomic E-state index is 10.6. The van der Waals surface area contributed by atoms with Crippen molar-refractivity contribution in [2.45, 2.75) is 39.2 Å². The lowest BCUT2D eigenvalue weighted by atomic mass is 10.0. The molecule has 1 aromatic rings. The highest BCUT2D eigenvalue weighted by Crippen LogP contribution is 2.13. The van der Waals surface area contributed by atoms with Crippen molar-refractivity contribution in [1.82, 2.24) is 0 Å². The van der Waals surface area contributed by atoms with Crippen LogP contribution in [0, 0.1) is 0 Å². The molecular weight excluding hydrogens is 238 g/mol. The number of hydrogen-bond donors (Lipinski definition) is 1. The Morgan fingerprint density at radius 3 is 2.71 bits per heavy atom. The summed E-state index contributed by atoms with van der Waals surface area (Å²) in [4.78, 5) is 0. The van der Waals surface area contributed by atoms with Crippen molar-refractivity contribution < 1.29 is 17.5 Å². The molecule has 0 aliphatic heterocycles. The van der Waals surface area contributed by atoms with Gasteiger partial charge in [0.1, 0.15) is 6.54 Å². The molecule has 0 saturated heterocycles. The van der Waals surface area contributed by atoms with Crippen LogP contribution in [0.15, 0.2) is 24.4 Å². The van der Waals surface area contributed by atoms with E-state index in [4.69, 9.17) is 4.55 Å². The maximum Gasteiger partial charge on any atom is 0.265 e. The van der Waals surface area contributed by atoms with E-state index < -0.39 is 10.1 Å². The number of nitrogens with zero attached hydrogens (tertiary/aromatic N) is 1.